The summed E-state index contributed by atoms with van der Waals surface area (Å²) in [7, 11) is 1.95. The molecular formula is C20H23N3OS. The normalized spacial score (nSPS) is 20.7. The van der Waals surface area contributed by atoms with Gasteiger partial charge in [-0.1, -0.05) is 30.3 Å². The zero-order valence-electron chi connectivity index (χ0n) is 14.5. The smallest absolute Gasteiger partial charge is 0.228 e. The molecular weight excluding hydrogens is 330 g/mol. The molecule has 0 spiro atoms. The number of imidazole rings is 1. The third-order valence-corrected chi connectivity index (χ3v) is 6.16. The maximum Gasteiger partial charge on any atom is 0.228 e. The zero-order chi connectivity index (χ0) is 17.2. The SMILES string of the molecule is CN(C(=O)Cc1cn2ccsc2n1)C1CCC(c2ccccc2)CC1. The van der Waals surface area contributed by atoms with Crippen molar-refractivity contribution in [3.8, 4) is 0 Å². The highest BCUT2D eigenvalue weighted by Crippen LogP contribution is 2.34. The minimum Gasteiger partial charge on any atom is -0.342 e. The molecule has 1 aromatic carbocycles. The lowest BCUT2D eigenvalue weighted by Gasteiger charge is -2.35. The summed E-state index contributed by atoms with van der Waals surface area (Å²) in [4.78, 5) is 20.1. The molecule has 0 N–H and O–H groups in total. The summed E-state index contributed by atoms with van der Waals surface area (Å²) in [6, 6.07) is 11.1. The van der Waals surface area contributed by atoms with Gasteiger partial charge in [0.2, 0.25) is 5.91 Å². The van der Waals surface area contributed by atoms with Crippen LogP contribution in [0, 0.1) is 0 Å². The number of amides is 1. The first kappa shape index (κ1) is 16.3. The minimum absolute atomic E-state index is 0.175. The first-order valence-electron chi connectivity index (χ1n) is 8.92. The van der Waals surface area contributed by atoms with E-state index in [2.05, 4.69) is 35.3 Å². The molecule has 0 aliphatic heterocycles. The van der Waals surface area contributed by atoms with Crippen LogP contribution in [0.4, 0.5) is 0 Å². The van der Waals surface area contributed by atoms with Crippen LogP contribution in [0.2, 0.25) is 0 Å². The van der Waals surface area contributed by atoms with E-state index in [1.54, 1.807) is 11.3 Å². The molecule has 0 atom stereocenters. The van der Waals surface area contributed by atoms with E-state index in [-0.39, 0.29) is 5.91 Å². The van der Waals surface area contributed by atoms with E-state index in [9.17, 15) is 4.79 Å². The number of carbonyl (C=O) groups is 1. The molecule has 1 saturated carbocycles. The van der Waals surface area contributed by atoms with Crippen LogP contribution in [0.15, 0.2) is 48.1 Å². The minimum atomic E-state index is 0.175. The molecule has 1 aliphatic carbocycles. The van der Waals surface area contributed by atoms with Crippen molar-refractivity contribution in [3.63, 3.8) is 0 Å². The molecule has 2 aromatic heterocycles. The molecule has 130 valence electrons. The number of aromatic nitrogens is 2. The van der Waals surface area contributed by atoms with Gasteiger partial charge in [0, 0.05) is 30.9 Å². The molecule has 3 aromatic rings. The summed E-state index contributed by atoms with van der Waals surface area (Å²) in [6.45, 7) is 0. The second-order valence-corrected chi connectivity index (χ2v) is 7.80. The van der Waals surface area contributed by atoms with Crippen molar-refractivity contribution in [3.05, 3.63) is 59.4 Å². The number of likely N-dealkylation sites (N-methyl/N-ethyl adjacent to an activating group) is 1. The van der Waals surface area contributed by atoms with Crippen LogP contribution >= 0.6 is 11.3 Å². The van der Waals surface area contributed by atoms with Crippen LogP contribution in [0.25, 0.3) is 4.96 Å². The molecule has 0 radical (unpaired) electrons. The summed E-state index contributed by atoms with van der Waals surface area (Å²) in [6.07, 6.45) is 8.82. The van der Waals surface area contributed by atoms with Crippen molar-refractivity contribution in [2.24, 2.45) is 0 Å². The molecule has 0 unspecified atom stereocenters. The van der Waals surface area contributed by atoms with Crippen LogP contribution < -0.4 is 0 Å². The Morgan fingerprint density at radius 2 is 2.00 bits per heavy atom. The molecule has 0 bridgehead atoms. The summed E-state index contributed by atoms with van der Waals surface area (Å²) >= 11 is 1.60. The number of rotatable bonds is 4. The first-order chi connectivity index (χ1) is 12.2. The van der Waals surface area contributed by atoms with Crippen LogP contribution in [-0.4, -0.2) is 33.3 Å². The molecule has 0 saturated heterocycles. The number of hydrogen-bond donors (Lipinski definition) is 0. The topological polar surface area (TPSA) is 37.6 Å². The third kappa shape index (κ3) is 3.47. The molecule has 1 aliphatic rings. The fourth-order valence-electron chi connectivity index (χ4n) is 3.87. The highest BCUT2D eigenvalue weighted by Gasteiger charge is 2.27. The number of nitrogens with zero attached hydrogens (tertiary/aromatic N) is 3. The Labute approximate surface area is 152 Å². The van der Waals surface area contributed by atoms with Crippen molar-refractivity contribution in [1.29, 1.82) is 0 Å². The molecule has 4 rings (SSSR count). The van der Waals surface area contributed by atoms with Crippen LogP contribution in [-0.2, 0) is 11.2 Å². The van der Waals surface area contributed by atoms with Crippen LogP contribution in [0.3, 0.4) is 0 Å². The molecule has 4 nitrogen and oxygen atoms in total. The average molecular weight is 353 g/mol. The lowest BCUT2D eigenvalue weighted by molar-refractivity contribution is -0.131. The monoisotopic (exact) mass is 353 g/mol. The van der Waals surface area contributed by atoms with Crippen molar-refractivity contribution >= 4 is 22.2 Å². The standard InChI is InChI=1S/C20H23N3OS/c1-22(19(24)13-17-14-23-11-12-25-20(23)21-17)18-9-7-16(8-10-18)15-5-3-2-4-6-15/h2-6,11-12,14,16,18H,7-10,13H2,1H3. The van der Waals surface area contributed by atoms with Gasteiger partial charge in [0.1, 0.15) is 0 Å². The predicted octanol–water partition coefficient (Wildman–Crippen LogP) is 4.12. The molecule has 2 heterocycles. The average Bonchev–Trinajstić information content (AvgIpc) is 3.23. The number of benzene rings is 1. The predicted molar refractivity (Wildman–Crippen MR) is 101 cm³/mol. The van der Waals surface area contributed by atoms with Crippen molar-refractivity contribution < 1.29 is 4.79 Å². The Bertz CT molecular complexity index is 818. The quantitative estimate of drug-likeness (QED) is 0.707. The van der Waals surface area contributed by atoms with E-state index in [0.717, 1.165) is 36.3 Å². The fourth-order valence-corrected chi connectivity index (χ4v) is 4.59. The van der Waals surface area contributed by atoms with Gasteiger partial charge in [-0.3, -0.25) is 9.20 Å². The third-order valence-electron chi connectivity index (χ3n) is 5.38. The molecule has 1 amide bonds. The van der Waals surface area contributed by atoms with E-state index >= 15 is 0 Å². The summed E-state index contributed by atoms with van der Waals surface area (Å²) in [5, 5.41) is 2.01. The van der Waals surface area contributed by atoms with Gasteiger partial charge in [0.15, 0.2) is 4.96 Å². The van der Waals surface area contributed by atoms with Gasteiger partial charge in [-0.25, -0.2) is 4.98 Å². The number of thiazole rings is 1. The Balaban J connectivity index is 1.34. The Kier molecular flexibility index (Phi) is 4.57. The summed E-state index contributed by atoms with van der Waals surface area (Å²) in [5.74, 6) is 0.815. The number of hydrogen-bond acceptors (Lipinski definition) is 3. The highest BCUT2D eigenvalue weighted by atomic mass is 32.1. The van der Waals surface area contributed by atoms with E-state index in [1.165, 1.54) is 5.56 Å². The Morgan fingerprint density at radius 3 is 2.72 bits per heavy atom. The van der Waals surface area contributed by atoms with Gasteiger partial charge < -0.3 is 4.90 Å². The fraction of sp³-hybridized carbons (Fsp3) is 0.400. The van der Waals surface area contributed by atoms with Gasteiger partial charge in [-0.2, -0.15) is 0 Å². The second-order valence-electron chi connectivity index (χ2n) is 6.92. The van der Waals surface area contributed by atoms with Crippen molar-refractivity contribution in [1.82, 2.24) is 14.3 Å². The van der Waals surface area contributed by atoms with Crippen LogP contribution in [0.1, 0.15) is 42.9 Å². The van der Waals surface area contributed by atoms with E-state index in [0.29, 0.717) is 18.4 Å². The number of fused-ring (bicyclic) bond motifs is 1. The van der Waals surface area contributed by atoms with Gasteiger partial charge in [-0.05, 0) is 37.2 Å². The van der Waals surface area contributed by atoms with Crippen LogP contribution in [0.5, 0.6) is 0 Å². The van der Waals surface area contributed by atoms with Crippen molar-refractivity contribution in [2.45, 2.75) is 44.1 Å². The lowest BCUT2D eigenvalue weighted by Crippen LogP contribution is -2.40. The number of carbonyl (C=O) groups excluding carboxylic acids is 1. The summed E-state index contributed by atoms with van der Waals surface area (Å²) < 4.78 is 1.98. The molecule has 5 heteroatoms. The maximum atomic E-state index is 12.6. The first-order valence-corrected chi connectivity index (χ1v) is 9.80. The van der Waals surface area contributed by atoms with Gasteiger partial charge in [0.05, 0.1) is 12.1 Å². The Morgan fingerprint density at radius 1 is 1.24 bits per heavy atom. The van der Waals surface area contributed by atoms with E-state index in [1.807, 2.05) is 34.1 Å². The Hall–Kier alpha value is -2.14. The molecule has 25 heavy (non-hydrogen) atoms. The maximum absolute atomic E-state index is 12.6. The highest BCUT2D eigenvalue weighted by molar-refractivity contribution is 7.15. The second kappa shape index (κ2) is 7.00. The van der Waals surface area contributed by atoms with Crippen molar-refractivity contribution in [2.75, 3.05) is 7.05 Å². The van der Waals surface area contributed by atoms with E-state index in [4.69, 9.17) is 0 Å². The molecule has 1 fully saturated rings. The zero-order valence-corrected chi connectivity index (χ0v) is 15.3. The van der Waals surface area contributed by atoms with Gasteiger partial charge >= 0.3 is 0 Å². The lowest BCUT2D eigenvalue weighted by atomic mass is 9.81. The summed E-state index contributed by atoms with van der Waals surface area (Å²) in [5.41, 5.74) is 2.30. The largest absolute Gasteiger partial charge is 0.342 e. The van der Waals surface area contributed by atoms with Gasteiger partial charge in [0.25, 0.3) is 0 Å². The van der Waals surface area contributed by atoms with Gasteiger partial charge in [-0.15, -0.1) is 11.3 Å². The van der Waals surface area contributed by atoms with E-state index < -0.39 is 0 Å².